The van der Waals surface area contributed by atoms with Crippen LogP contribution in [0.25, 0.3) is 0 Å². The highest BCUT2D eigenvalue weighted by Crippen LogP contribution is 2.70. The molecule has 8 aliphatic heterocycles. The van der Waals surface area contributed by atoms with Gasteiger partial charge >= 0.3 is 47.8 Å². The summed E-state index contributed by atoms with van der Waals surface area (Å²) in [4.78, 5) is 119. The van der Waals surface area contributed by atoms with E-state index < -0.39 is 165 Å². The maximum Gasteiger partial charge on any atom is 0.352 e. The van der Waals surface area contributed by atoms with Gasteiger partial charge in [-0.25, -0.2) is 19.2 Å². The standard InChI is InChI=1S/C27H29NO5.C26H32N2O8.C26H31NO9.C25H31NO8.H2O/c1-16(17-6-4-3-5-7-17)25(30)32-20-10-11-27(31)21-14-18-8-9-19(15-29)23-22(18)26(27,24(20)33-23)12-13-28(21)2;1-13(2)23(31)27-16(24(32)33)11-19(30)35-17-6-7-26(34)18-10-14-4-5-15(12-29)21-20(14)25(26,22(17)36-21)8-9-28(18)3;1-13(33-15(3)29)23(30)34-14(2)24(31)35-18-7-8-26(32)19-11-16-5-6-17(12-28)21-20(16)25(26,22(18)36-21)9-10-27(19)4;1-13(28)10-19(29)32-14(2)23(30)33-17-6-7-25(31)18-11-15-4-5-16(12-27)21-20(15)24(25,22(17)34-21)8-9-26(18)3;/h3-10,16,21,24,29,31H,11-15H2,1-2H3;4-6,13,16,18,22,29,34H,7-12H2,1-3H3,(H,27,31)(H,32,33);5-7,13-14,19,22,28,32H,8-12H2,1-4H3;4-6,13-14,18,22,27-28,31H,7-12H2,1-3H3;1H2/t16-,21+,24?,26?,27+;16-,18+,22?,25?,26+;13-,14-,19+,22?,25?,26+;13-,14+,18-,22?,24?,25-;/m0001./s1. The van der Waals surface area contributed by atoms with E-state index in [-0.39, 0.29) is 105 Å². The zero-order chi connectivity index (χ0) is 99.4. The van der Waals surface area contributed by atoms with Crippen molar-refractivity contribution in [1.82, 2.24) is 24.9 Å². The van der Waals surface area contributed by atoms with Gasteiger partial charge in [0.05, 0.1) is 95.4 Å². The molecule has 36 nitrogen and oxygen atoms in total. The van der Waals surface area contributed by atoms with Crippen molar-refractivity contribution in [3.8, 4) is 23.0 Å². The second-order valence-electron chi connectivity index (χ2n) is 40.7. The SMILES string of the molecule is CC(=O)O[C@@H](C)C(=O)O[C@@H](C)C(=O)OC1=CC[C@@]2(O)[C@H]3Cc4ccc(CO)c5c4C2(CCN3C)C1O5.CC(C)C(=O)N[C@@H](CC(=O)OC1=CC[C@@]2(O)[C@H]3Cc4ccc(CO)c5c4C2(CCN3C)C1O5)C(=O)O.C[C@H](C(=O)OC1=CC[C@@]2(O)[C@H]3Cc4ccc(CO)c5c4C2(CCN3C)C1O5)c1ccccc1.C[C@H](OC(=O)C[C@@H](C)O)C(=O)OC1=CC[C@@]2(O)[C@H]3Cc4ccc(CO)c5c4C2(CCN3C)C1O5.O. The first kappa shape index (κ1) is 100. The number of esters is 7. The Bertz CT molecular complexity index is 5970. The summed E-state index contributed by atoms with van der Waals surface area (Å²) in [5, 5.41) is 110. The van der Waals surface area contributed by atoms with E-state index >= 15 is 0 Å². The summed E-state index contributed by atoms with van der Waals surface area (Å²) in [5.41, 5.74) is 3.78. The quantitative estimate of drug-likeness (QED) is 0.0323. The molecule has 140 heavy (non-hydrogen) atoms. The highest BCUT2D eigenvalue weighted by molar-refractivity contribution is 5.89. The predicted octanol–water partition coefficient (Wildman–Crippen LogP) is 4.18. The van der Waals surface area contributed by atoms with E-state index in [4.69, 9.17) is 52.1 Å². The molecule has 1 amide bonds. The Balaban J connectivity index is 0.000000129. The van der Waals surface area contributed by atoms with Gasteiger partial charge in [0, 0.05) is 107 Å². The molecule has 13 N–H and O–H groups in total. The van der Waals surface area contributed by atoms with Crippen molar-refractivity contribution < 1.29 is 152 Å². The van der Waals surface area contributed by atoms with Crippen LogP contribution in [0.1, 0.15) is 198 Å². The maximum absolute atomic E-state index is 13.1. The Kier molecular flexibility index (Phi) is 26.8. The number of carboxylic acid groups (broad SMARTS) is 1. The predicted molar refractivity (Wildman–Crippen MR) is 494 cm³/mol. The Labute approximate surface area is 809 Å². The molecule has 8 aliphatic carbocycles. The number of benzene rings is 5. The zero-order valence-electron chi connectivity index (χ0n) is 80.5. The van der Waals surface area contributed by atoms with Crippen molar-refractivity contribution >= 4 is 53.7 Å². The zero-order valence-corrected chi connectivity index (χ0v) is 80.5. The van der Waals surface area contributed by atoms with E-state index in [1.54, 1.807) is 32.1 Å². The lowest BCUT2D eigenvalue weighted by molar-refractivity contribution is -0.179. The van der Waals surface area contributed by atoms with Crippen molar-refractivity contribution in [2.24, 2.45) is 5.92 Å². The molecular formula is C104H125N5O31. The number of hydrogen-bond donors (Lipinski definition) is 11. The number of ether oxygens (including phenoxy) is 11. The van der Waals surface area contributed by atoms with Crippen molar-refractivity contribution in [1.29, 1.82) is 0 Å². The topological polar surface area (TPSA) is 514 Å². The van der Waals surface area contributed by atoms with Crippen LogP contribution < -0.4 is 24.3 Å². The molecule has 0 aromatic heterocycles. The smallest absolute Gasteiger partial charge is 0.352 e. The number of aliphatic hydroxyl groups is 9. The molecule has 4 fully saturated rings. The molecule has 4 spiro atoms. The van der Waals surface area contributed by atoms with E-state index in [2.05, 4.69) is 38.0 Å². The average Bonchev–Trinajstić information content (AvgIpc) is 1.17. The van der Waals surface area contributed by atoms with Crippen molar-refractivity contribution in [3.63, 3.8) is 0 Å². The van der Waals surface area contributed by atoms with Gasteiger partial charge in [0.15, 0.2) is 42.7 Å². The molecule has 0 radical (unpaired) electrons. The minimum atomic E-state index is -1.43. The van der Waals surface area contributed by atoms with Crippen LogP contribution >= 0.6 is 0 Å². The first-order valence-corrected chi connectivity index (χ1v) is 48.0. The fourth-order valence-corrected chi connectivity index (χ4v) is 26.0. The highest BCUT2D eigenvalue weighted by atomic mass is 16.6. The normalized spacial score (nSPS) is 31.5. The van der Waals surface area contributed by atoms with E-state index in [0.717, 1.165) is 76.1 Å². The van der Waals surface area contributed by atoms with Crippen LogP contribution in [0.3, 0.4) is 0 Å². The third kappa shape index (κ3) is 15.5. The van der Waals surface area contributed by atoms with E-state index in [1.165, 1.54) is 34.6 Å². The van der Waals surface area contributed by atoms with Crippen LogP contribution in [0.5, 0.6) is 23.0 Å². The van der Waals surface area contributed by atoms with E-state index in [1.807, 2.05) is 107 Å². The second-order valence-corrected chi connectivity index (χ2v) is 40.7. The number of carbonyl (C=O) groups is 9. The van der Waals surface area contributed by atoms with Gasteiger partial charge < -0.3 is 134 Å². The Hall–Kier alpha value is -11.1. The Morgan fingerprint density at radius 2 is 0.729 bits per heavy atom. The van der Waals surface area contributed by atoms with Crippen LogP contribution in [0.15, 0.2) is 126 Å². The number of carboxylic acids is 1. The largest absolute Gasteiger partial charge is 0.481 e. The lowest BCUT2D eigenvalue weighted by Crippen LogP contribution is -2.74. The van der Waals surface area contributed by atoms with Gasteiger partial charge in [0.1, 0.15) is 52.1 Å². The third-order valence-corrected chi connectivity index (χ3v) is 33.0. The van der Waals surface area contributed by atoms with Crippen LogP contribution in [0.4, 0.5) is 0 Å². The molecule has 0 saturated carbocycles. The first-order valence-electron chi connectivity index (χ1n) is 48.0. The van der Waals surface area contributed by atoms with Crippen LogP contribution in [-0.4, -0.2) is 286 Å². The number of likely N-dealkylation sites (N-methyl/N-ethyl adjacent to an activating group) is 4. The molecule has 8 unspecified atom stereocenters. The lowest BCUT2D eigenvalue weighted by atomic mass is 9.50. The van der Waals surface area contributed by atoms with Gasteiger partial charge in [-0.3, -0.25) is 24.0 Å². The van der Waals surface area contributed by atoms with Gasteiger partial charge in [-0.1, -0.05) is 92.7 Å². The van der Waals surface area contributed by atoms with E-state index in [0.29, 0.717) is 109 Å². The number of hydrogen-bond acceptors (Lipinski definition) is 33. The molecular weight excluding hydrogens is 1820 g/mol. The minimum absolute atomic E-state index is 0. The van der Waals surface area contributed by atoms with Crippen molar-refractivity contribution in [3.05, 3.63) is 199 Å². The summed E-state index contributed by atoms with van der Waals surface area (Å²) in [7, 11) is 8.07. The number of nitrogens with zero attached hydrogens (tertiary/aromatic N) is 4. The number of aliphatic hydroxyl groups excluding tert-OH is 5. The summed E-state index contributed by atoms with van der Waals surface area (Å²) in [6, 6.07) is 23.1. The molecule has 752 valence electrons. The average molecular weight is 1940 g/mol. The maximum atomic E-state index is 13.1. The van der Waals surface area contributed by atoms with Gasteiger partial charge in [-0.15, -0.1) is 0 Å². The summed E-state index contributed by atoms with van der Waals surface area (Å²) < 4.78 is 63.9. The van der Waals surface area contributed by atoms with E-state index in [9.17, 15) is 94.2 Å². The first-order chi connectivity index (χ1) is 66.1. The third-order valence-electron chi connectivity index (χ3n) is 33.0. The molecule has 16 aliphatic rings. The van der Waals surface area contributed by atoms with Gasteiger partial charge in [-0.05, 0) is 192 Å². The number of rotatable bonds is 23. The number of amides is 1. The summed E-state index contributed by atoms with van der Waals surface area (Å²) in [6.07, 6.45) is 4.99. The highest BCUT2D eigenvalue weighted by Gasteiger charge is 2.77. The molecule has 21 rings (SSSR count). The van der Waals surface area contributed by atoms with Crippen LogP contribution in [0, 0.1) is 5.92 Å². The van der Waals surface area contributed by atoms with Gasteiger partial charge in [0.2, 0.25) is 5.91 Å². The van der Waals surface area contributed by atoms with Crippen molar-refractivity contribution in [2.75, 3.05) is 54.4 Å². The number of piperidine rings is 4. The monoisotopic (exact) mass is 1940 g/mol. The minimum Gasteiger partial charge on any atom is -0.481 e. The number of likely N-dealkylation sites (tertiary alicyclic amines) is 4. The Morgan fingerprint density at radius 1 is 0.414 bits per heavy atom. The van der Waals surface area contributed by atoms with Gasteiger partial charge in [0.25, 0.3) is 0 Å². The summed E-state index contributed by atoms with van der Waals surface area (Å²) in [6.45, 7) is 14.0. The summed E-state index contributed by atoms with van der Waals surface area (Å²) >= 11 is 0. The fraction of sp³-hybridized carbons (Fsp3) is 0.548. The number of carbonyl (C=O) groups excluding carboxylic acids is 8. The van der Waals surface area contributed by atoms with Crippen LogP contribution in [0.2, 0.25) is 0 Å². The lowest BCUT2D eigenvalue weighted by Gasteiger charge is -2.61. The molecule has 4 saturated heterocycles. The fourth-order valence-electron chi connectivity index (χ4n) is 26.0. The van der Waals surface area contributed by atoms with Crippen molar-refractivity contribution in [2.45, 2.75) is 301 Å². The van der Waals surface area contributed by atoms with Crippen LogP contribution in [-0.2, 0) is 150 Å². The molecule has 8 heterocycles. The summed E-state index contributed by atoms with van der Waals surface area (Å²) in [5.74, 6) is -4.09. The number of nitrogens with one attached hydrogen (secondary N) is 1. The number of aliphatic carboxylic acids is 1. The van der Waals surface area contributed by atoms with Gasteiger partial charge in [-0.2, -0.15) is 0 Å². The molecule has 22 atom stereocenters. The molecule has 36 heteroatoms. The Morgan fingerprint density at radius 3 is 1.04 bits per heavy atom. The molecule has 5 aromatic rings. The molecule has 8 bridgehead atoms. The second kappa shape index (κ2) is 37.3. The molecule has 5 aromatic carbocycles.